The first kappa shape index (κ1) is 9.79. The molecule has 2 unspecified atom stereocenters. The molecule has 0 fully saturated rings. The van der Waals surface area contributed by atoms with Gasteiger partial charge in [0.1, 0.15) is 0 Å². The minimum atomic E-state index is 0.838. The second-order valence-electron chi connectivity index (χ2n) is 3.93. The second kappa shape index (κ2) is 5.36. The fourth-order valence-electron chi connectivity index (χ4n) is 1.97. The molecule has 70 valence electrons. The van der Waals surface area contributed by atoms with Crippen LogP contribution in [0.1, 0.15) is 39.0 Å². The van der Waals surface area contributed by atoms with E-state index in [1.165, 1.54) is 32.1 Å². The normalized spacial score (nSPS) is 25.7. The highest BCUT2D eigenvalue weighted by atomic mass is 14.5. The third-order valence-corrected chi connectivity index (χ3v) is 2.89. The maximum atomic E-state index is 5.49. The molecule has 0 aromatic heterocycles. The highest BCUT2D eigenvalue weighted by Crippen LogP contribution is 2.27. The Bertz CT molecular complexity index is 140. The molecule has 1 aliphatic rings. The minimum Gasteiger partial charge on any atom is -0.330 e. The Labute approximate surface area is 76.0 Å². The van der Waals surface area contributed by atoms with Crippen LogP contribution in [0, 0.1) is 11.8 Å². The Morgan fingerprint density at radius 3 is 3.00 bits per heavy atom. The van der Waals surface area contributed by atoms with Gasteiger partial charge in [-0.15, -0.1) is 0 Å². The average molecular weight is 167 g/mol. The van der Waals surface area contributed by atoms with Crippen LogP contribution in [0.3, 0.4) is 0 Å². The van der Waals surface area contributed by atoms with E-state index in [0.717, 1.165) is 18.4 Å². The first-order valence-corrected chi connectivity index (χ1v) is 5.21. The lowest BCUT2D eigenvalue weighted by Crippen LogP contribution is -2.13. The monoisotopic (exact) mass is 167 g/mol. The molecule has 0 saturated carbocycles. The Hall–Kier alpha value is -0.300. The molecule has 0 aromatic carbocycles. The van der Waals surface area contributed by atoms with E-state index < -0.39 is 0 Å². The van der Waals surface area contributed by atoms with Crippen LogP contribution in [0.5, 0.6) is 0 Å². The number of rotatable bonds is 4. The molecule has 0 aliphatic heterocycles. The summed E-state index contributed by atoms with van der Waals surface area (Å²) in [4.78, 5) is 0. The number of allylic oxidation sites excluding steroid dienone is 2. The zero-order chi connectivity index (χ0) is 8.81. The van der Waals surface area contributed by atoms with E-state index in [0.29, 0.717) is 0 Å². The summed E-state index contributed by atoms with van der Waals surface area (Å²) in [7, 11) is 0. The average Bonchev–Trinajstić information content (AvgIpc) is 2.15. The quantitative estimate of drug-likeness (QED) is 0.640. The van der Waals surface area contributed by atoms with Crippen LogP contribution in [0.25, 0.3) is 0 Å². The number of nitrogens with two attached hydrogens (primary N) is 1. The summed E-state index contributed by atoms with van der Waals surface area (Å²) in [6.45, 7) is 3.21. The van der Waals surface area contributed by atoms with Crippen molar-refractivity contribution in [3.63, 3.8) is 0 Å². The van der Waals surface area contributed by atoms with E-state index in [2.05, 4.69) is 19.1 Å². The zero-order valence-electron chi connectivity index (χ0n) is 8.13. The molecule has 1 rings (SSSR count). The van der Waals surface area contributed by atoms with Crippen molar-refractivity contribution in [1.82, 2.24) is 0 Å². The molecule has 1 aliphatic carbocycles. The van der Waals surface area contributed by atoms with E-state index in [4.69, 9.17) is 5.73 Å². The molecule has 0 aromatic rings. The van der Waals surface area contributed by atoms with Gasteiger partial charge in [-0.05, 0) is 50.5 Å². The molecule has 1 nitrogen and oxygen atoms in total. The molecule has 0 spiro atoms. The SMILES string of the molecule is CC(CCCN)C1C=CCCC1. The van der Waals surface area contributed by atoms with Gasteiger partial charge in [0.25, 0.3) is 0 Å². The van der Waals surface area contributed by atoms with Crippen LogP contribution in [-0.4, -0.2) is 6.54 Å². The van der Waals surface area contributed by atoms with Crippen LogP contribution in [-0.2, 0) is 0 Å². The lowest BCUT2D eigenvalue weighted by Gasteiger charge is -2.23. The van der Waals surface area contributed by atoms with Gasteiger partial charge in [0.2, 0.25) is 0 Å². The van der Waals surface area contributed by atoms with Crippen LogP contribution >= 0.6 is 0 Å². The van der Waals surface area contributed by atoms with Gasteiger partial charge in [0, 0.05) is 0 Å². The van der Waals surface area contributed by atoms with Gasteiger partial charge in [-0.1, -0.05) is 19.1 Å². The molecule has 2 atom stereocenters. The molecule has 0 heterocycles. The van der Waals surface area contributed by atoms with Crippen LogP contribution < -0.4 is 5.73 Å². The van der Waals surface area contributed by atoms with Gasteiger partial charge < -0.3 is 5.73 Å². The van der Waals surface area contributed by atoms with Crippen LogP contribution in [0.4, 0.5) is 0 Å². The van der Waals surface area contributed by atoms with E-state index in [1.807, 2.05) is 0 Å². The first-order chi connectivity index (χ1) is 5.84. The van der Waals surface area contributed by atoms with E-state index in [-0.39, 0.29) is 0 Å². The Balaban J connectivity index is 2.25. The predicted molar refractivity (Wildman–Crippen MR) is 53.9 cm³/mol. The topological polar surface area (TPSA) is 26.0 Å². The van der Waals surface area contributed by atoms with Crippen molar-refractivity contribution < 1.29 is 0 Å². The third-order valence-electron chi connectivity index (χ3n) is 2.89. The van der Waals surface area contributed by atoms with Crippen LogP contribution in [0.15, 0.2) is 12.2 Å². The van der Waals surface area contributed by atoms with Crippen molar-refractivity contribution in [2.24, 2.45) is 17.6 Å². The number of hydrogen-bond acceptors (Lipinski definition) is 1. The summed E-state index contributed by atoms with van der Waals surface area (Å²) < 4.78 is 0. The molecule has 0 radical (unpaired) electrons. The third kappa shape index (κ3) is 2.98. The molecule has 0 bridgehead atoms. The summed E-state index contributed by atoms with van der Waals surface area (Å²) in [6.07, 6.45) is 11.3. The van der Waals surface area contributed by atoms with Gasteiger partial charge in [0.15, 0.2) is 0 Å². The van der Waals surface area contributed by atoms with E-state index >= 15 is 0 Å². The van der Waals surface area contributed by atoms with Crippen molar-refractivity contribution in [1.29, 1.82) is 0 Å². The van der Waals surface area contributed by atoms with Crippen molar-refractivity contribution in [2.75, 3.05) is 6.54 Å². The highest BCUT2D eigenvalue weighted by Gasteiger charge is 2.15. The maximum Gasteiger partial charge on any atom is -0.00772 e. The summed E-state index contributed by atoms with van der Waals surface area (Å²) >= 11 is 0. The zero-order valence-corrected chi connectivity index (χ0v) is 8.13. The first-order valence-electron chi connectivity index (χ1n) is 5.21. The smallest absolute Gasteiger partial charge is 0.00772 e. The van der Waals surface area contributed by atoms with E-state index in [1.54, 1.807) is 0 Å². The standard InChI is InChI=1S/C11H21N/c1-10(6-5-9-12)11-7-3-2-4-8-11/h3,7,10-11H,2,4-6,8-9,12H2,1H3. The van der Waals surface area contributed by atoms with Gasteiger partial charge in [0.05, 0.1) is 0 Å². The van der Waals surface area contributed by atoms with E-state index in [9.17, 15) is 0 Å². The summed E-state index contributed by atoms with van der Waals surface area (Å²) in [5, 5.41) is 0. The fourth-order valence-corrected chi connectivity index (χ4v) is 1.97. The van der Waals surface area contributed by atoms with Crippen molar-refractivity contribution in [3.05, 3.63) is 12.2 Å². The Morgan fingerprint density at radius 1 is 1.58 bits per heavy atom. The van der Waals surface area contributed by atoms with Crippen molar-refractivity contribution >= 4 is 0 Å². The summed E-state index contributed by atoms with van der Waals surface area (Å²) in [5.74, 6) is 1.68. The largest absolute Gasteiger partial charge is 0.330 e. The highest BCUT2D eigenvalue weighted by molar-refractivity contribution is 4.94. The van der Waals surface area contributed by atoms with Gasteiger partial charge in [-0.25, -0.2) is 0 Å². The summed E-state index contributed by atoms with van der Waals surface area (Å²) in [6, 6.07) is 0. The Kier molecular flexibility index (Phi) is 4.37. The molecule has 12 heavy (non-hydrogen) atoms. The van der Waals surface area contributed by atoms with Crippen molar-refractivity contribution in [3.8, 4) is 0 Å². The fraction of sp³-hybridized carbons (Fsp3) is 0.818. The van der Waals surface area contributed by atoms with Gasteiger partial charge in [-0.2, -0.15) is 0 Å². The predicted octanol–water partition coefficient (Wildman–Crippen LogP) is 2.72. The molecule has 2 N–H and O–H groups in total. The molecule has 0 saturated heterocycles. The van der Waals surface area contributed by atoms with Gasteiger partial charge >= 0.3 is 0 Å². The number of hydrogen-bond donors (Lipinski definition) is 1. The lowest BCUT2D eigenvalue weighted by molar-refractivity contribution is 0.358. The molecular weight excluding hydrogens is 146 g/mol. The van der Waals surface area contributed by atoms with Crippen molar-refractivity contribution in [2.45, 2.75) is 39.0 Å². The maximum absolute atomic E-state index is 5.49. The molecule has 1 heteroatoms. The van der Waals surface area contributed by atoms with Crippen LogP contribution in [0.2, 0.25) is 0 Å². The minimum absolute atomic E-state index is 0.838. The second-order valence-corrected chi connectivity index (χ2v) is 3.93. The summed E-state index contributed by atoms with van der Waals surface area (Å²) in [5.41, 5.74) is 5.49. The molecule has 0 amide bonds. The van der Waals surface area contributed by atoms with Gasteiger partial charge in [-0.3, -0.25) is 0 Å². The lowest BCUT2D eigenvalue weighted by atomic mass is 9.83. The molecular formula is C11H21N. The Morgan fingerprint density at radius 2 is 2.42 bits per heavy atom.